The number of aryl methyl sites for hydroxylation is 2. The fourth-order valence-corrected chi connectivity index (χ4v) is 2.67. The molecule has 120 valence electrons. The highest BCUT2D eigenvalue weighted by Gasteiger charge is 2.26. The molecule has 2 rings (SSSR count). The van der Waals surface area contributed by atoms with Gasteiger partial charge in [0, 0.05) is 26.2 Å². The maximum Gasteiger partial charge on any atom is 0.263 e. The van der Waals surface area contributed by atoms with Gasteiger partial charge in [-0.15, -0.1) is 0 Å². The molecule has 0 spiro atoms. The van der Waals surface area contributed by atoms with Gasteiger partial charge in [-0.1, -0.05) is 6.07 Å². The molecule has 0 N–H and O–H groups in total. The molecule has 0 radical (unpaired) electrons. The Balaban J connectivity index is 2.02. The lowest BCUT2D eigenvalue weighted by molar-refractivity contribution is -0.141. The van der Waals surface area contributed by atoms with Gasteiger partial charge in [0.1, 0.15) is 5.75 Å². The molecule has 5 nitrogen and oxygen atoms in total. The zero-order valence-corrected chi connectivity index (χ0v) is 13.8. The number of benzene rings is 1. The maximum atomic E-state index is 12.5. The Morgan fingerprint density at radius 1 is 1.18 bits per heavy atom. The maximum absolute atomic E-state index is 12.5. The van der Waals surface area contributed by atoms with Crippen LogP contribution in [0, 0.1) is 20.8 Å². The normalized spacial score (nSPS) is 16.4. The Kier molecular flexibility index (Phi) is 5.06. The molecule has 1 aliphatic heterocycles. The van der Waals surface area contributed by atoms with Crippen LogP contribution in [0.15, 0.2) is 12.1 Å². The van der Waals surface area contributed by atoms with E-state index in [1.807, 2.05) is 26.8 Å². The van der Waals surface area contributed by atoms with Crippen LogP contribution < -0.4 is 4.74 Å². The molecule has 0 aromatic heterocycles. The van der Waals surface area contributed by atoms with Crippen LogP contribution in [0.2, 0.25) is 0 Å². The molecule has 1 atom stereocenters. The van der Waals surface area contributed by atoms with Crippen molar-refractivity contribution in [1.29, 1.82) is 0 Å². The van der Waals surface area contributed by atoms with Crippen LogP contribution in [0.5, 0.6) is 5.75 Å². The van der Waals surface area contributed by atoms with Gasteiger partial charge in [-0.05, 0) is 50.5 Å². The Morgan fingerprint density at radius 3 is 2.41 bits per heavy atom. The van der Waals surface area contributed by atoms with Gasteiger partial charge in [0.2, 0.25) is 6.41 Å². The minimum absolute atomic E-state index is 0.0240. The van der Waals surface area contributed by atoms with Crippen molar-refractivity contribution in [2.45, 2.75) is 33.8 Å². The van der Waals surface area contributed by atoms with Crippen molar-refractivity contribution in [1.82, 2.24) is 9.80 Å². The van der Waals surface area contributed by atoms with Gasteiger partial charge in [0.05, 0.1) is 0 Å². The summed E-state index contributed by atoms with van der Waals surface area (Å²) in [6.07, 6.45) is 0.309. The molecule has 5 heteroatoms. The predicted octanol–water partition coefficient (Wildman–Crippen LogP) is 1.68. The molecule has 22 heavy (non-hydrogen) atoms. The number of carbonyl (C=O) groups is 2. The average molecular weight is 304 g/mol. The third-order valence-corrected chi connectivity index (χ3v) is 4.19. The second-order valence-electron chi connectivity index (χ2n) is 5.93. The second-order valence-corrected chi connectivity index (χ2v) is 5.93. The smallest absolute Gasteiger partial charge is 0.263 e. The van der Waals surface area contributed by atoms with Gasteiger partial charge in [0.25, 0.3) is 5.91 Å². The monoisotopic (exact) mass is 304 g/mol. The van der Waals surface area contributed by atoms with E-state index in [-0.39, 0.29) is 5.91 Å². The topological polar surface area (TPSA) is 49.9 Å². The number of nitrogens with zero attached hydrogens (tertiary/aromatic N) is 2. The van der Waals surface area contributed by atoms with Crippen LogP contribution in [0.4, 0.5) is 0 Å². The SMILES string of the molecule is Cc1cc(C)c(C)c(O[C@@H](C)C(=O)N2CCN(C=O)CC2)c1. The predicted molar refractivity (Wildman–Crippen MR) is 85.0 cm³/mol. The molecule has 1 saturated heterocycles. The highest BCUT2D eigenvalue weighted by atomic mass is 16.5. The van der Waals surface area contributed by atoms with Crippen molar-refractivity contribution < 1.29 is 14.3 Å². The molecule has 1 aromatic carbocycles. The van der Waals surface area contributed by atoms with Crippen LogP contribution >= 0.6 is 0 Å². The summed E-state index contributed by atoms with van der Waals surface area (Å²) in [6.45, 7) is 10.2. The molecule has 0 aliphatic carbocycles. The zero-order chi connectivity index (χ0) is 16.3. The van der Waals surface area contributed by atoms with Gasteiger partial charge in [-0.3, -0.25) is 9.59 Å². The van der Waals surface area contributed by atoms with E-state index in [2.05, 4.69) is 6.07 Å². The first kappa shape index (κ1) is 16.3. The molecule has 2 amide bonds. The first-order valence-electron chi connectivity index (χ1n) is 7.65. The zero-order valence-electron chi connectivity index (χ0n) is 13.8. The average Bonchev–Trinajstić information content (AvgIpc) is 2.51. The molecule has 1 aliphatic rings. The summed E-state index contributed by atoms with van der Waals surface area (Å²) in [6, 6.07) is 4.07. The van der Waals surface area contributed by atoms with E-state index in [0.29, 0.717) is 26.2 Å². The standard InChI is InChI=1S/C17H24N2O3/c1-12-9-13(2)14(3)16(10-12)22-15(4)17(21)19-7-5-18(11-20)6-8-19/h9-11,15H,5-8H2,1-4H3/t15-/m0/s1. The van der Waals surface area contributed by atoms with E-state index in [1.165, 1.54) is 0 Å². The van der Waals surface area contributed by atoms with E-state index in [9.17, 15) is 9.59 Å². The van der Waals surface area contributed by atoms with Gasteiger partial charge in [0.15, 0.2) is 6.10 Å². The Hall–Kier alpha value is -2.04. The summed E-state index contributed by atoms with van der Waals surface area (Å²) in [5, 5.41) is 0. The number of hydrogen-bond donors (Lipinski definition) is 0. The van der Waals surface area contributed by atoms with E-state index in [1.54, 1.807) is 16.7 Å². The number of carbonyl (C=O) groups excluding carboxylic acids is 2. The Labute approximate surface area is 131 Å². The number of amides is 2. The lowest BCUT2D eigenvalue weighted by Crippen LogP contribution is -2.51. The van der Waals surface area contributed by atoms with Gasteiger partial charge >= 0.3 is 0 Å². The minimum Gasteiger partial charge on any atom is -0.481 e. The Morgan fingerprint density at radius 2 is 1.82 bits per heavy atom. The van der Waals surface area contributed by atoms with E-state index in [0.717, 1.165) is 28.8 Å². The summed E-state index contributed by atoms with van der Waals surface area (Å²) >= 11 is 0. The first-order chi connectivity index (χ1) is 10.4. The van der Waals surface area contributed by atoms with E-state index in [4.69, 9.17) is 4.74 Å². The highest BCUT2D eigenvalue weighted by molar-refractivity contribution is 5.81. The fourth-order valence-electron chi connectivity index (χ4n) is 2.67. The Bertz CT molecular complexity index is 563. The van der Waals surface area contributed by atoms with Gasteiger partial charge in [-0.2, -0.15) is 0 Å². The quantitative estimate of drug-likeness (QED) is 0.795. The summed E-state index contributed by atoms with van der Waals surface area (Å²) in [7, 11) is 0. The fraction of sp³-hybridized carbons (Fsp3) is 0.529. The van der Waals surface area contributed by atoms with Gasteiger partial charge < -0.3 is 14.5 Å². The number of ether oxygens (including phenoxy) is 1. The highest BCUT2D eigenvalue weighted by Crippen LogP contribution is 2.24. The summed E-state index contributed by atoms with van der Waals surface area (Å²) in [5.74, 6) is 0.744. The lowest BCUT2D eigenvalue weighted by Gasteiger charge is -2.34. The van der Waals surface area contributed by atoms with Crippen molar-refractivity contribution in [3.63, 3.8) is 0 Å². The van der Waals surface area contributed by atoms with Crippen LogP contribution in [0.1, 0.15) is 23.6 Å². The molecule has 0 saturated carbocycles. The molecule has 1 aromatic rings. The molecular weight excluding hydrogens is 280 g/mol. The lowest BCUT2D eigenvalue weighted by atomic mass is 10.1. The van der Waals surface area contributed by atoms with Crippen molar-refractivity contribution >= 4 is 12.3 Å². The number of rotatable bonds is 4. The van der Waals surface area contributed by atoms with Crippen molar-refractivity contribution in [2.24, 2.45) is 0 Å². The van der Waals surface area contributed by atoms with Crippen molar-refractivity contribution in [3.8, 4) is 5.75 Å². The van der Waals surface area contributed by atoms with Crippen LogP contribution in [0.3, 0.4) is 0 Å². The molecular formula is C17H24N2O3. The van der Waals surface area contributed by atoms with Crippen molar-refractivity contribution in [3.05, 3.63) is 28.8 Å². The third-order valence-electron chi connectivity index (χ3n) is 4.19. The van der Waals surface area contributed by atoms with E-state index < -0.39 is 6.10 Å². The van der Waals surface area contributed by atoms with Crippen molar-refractivity contribution in [2.75, 3.05) is 26.2 Å². The summed E-state index contributed by atoms with van der Waals surface area (Å²) < 4.78 is 5.90. The molecule has 1 heterocycles. The van der Waals surface area contributed by atoms with Crippen LogP contribution in [-0.2, 0) is 9.59 Å². The molecule has 0 bridgehead atoms. The van der Waals surface area contributed by atoms with E-state index >= 15 is 0 Å². The summed E-state index contributed by atoms with van der Waals surface area (Å²) in [4.78, 5) is 26.6. The second kappa shape index (κ2) is 6.81. The number of hydrogen-bond acceptors (Lipinski definition) is 3. The van der Waals surface area contributed by atoms with Crippen LogP contribution in [0.25, 0.3) is 0 Å². The largest absolute Gasteiger partial charge is 0.481 e. The minimum atomic E-state index is -0.525. The molecule has 1 fully saturated rings. The van der Waals surface area contributed by atoms with Crippen LogP contribution in [-0.4, -0.2) is 54.4 Å². The molecule has 0 unspecified atom stereocenters. The first-order valence-corrected chi connectivity index (χ1v) is 7.65. The summed E-state index contributed by atoms with van der Waals surface area (Å²) in [5.41, 5.74) is 3.35. The number of piperazine rings is 1. The third kappa shape index (κ3) is 3.59. The van der Waals surface area contributed by atoms with Gasteiger partial charge in [-0.25, -0.2) is 0 Å².